The molecule has 8 heteroatoms. The first-order valence-corrected chi connectivity index (χ1v) is 13.5. The first-order valence-electron chi connectivity index (χ1n) is 13.1. The Morgan fingerprint density at radius 2 is 1.75 bits per heavy atom. The number of amides is 2. The Kier molecular flexibility index (Phi) is 9.97. The summed E-state index contributed by atoms with van der Waals surface area (Å²) < 4.78 is 5.48. The lowest BCUT2D eigenvalue weighted by atomic mass is 10.1. The maximum atomic E-state index is 13.6. The molecular weight excluding hydrogens is 476 g/mol. The molecule has 0 fully saturated rings. The molecule has 1 aliphatic rings. The Morgan fingerprint density at radius 1 is 1.00 bits per heavy atom. The van der Waals surface area contributed by atoms with Gasteiger partial charge in [-0.25, -0.2) is 0 Å². The number of fused-ring (bicyclic) bond motifs is 1. The number of carbonyl (C=O) groups excluding carboxylic acids is 2. The van der Waals surface area contributed by atoms with Gasteiger partial charge in [0.1, 0.15) is 0 Å². The predicted molar refractivity (Wildman–Crippen MR) is 144 cm³/mol. The number of halogens is 1. The molecule has 1 aliphatic heterocycles. The molecule has 0 atom stereocenters. The predicted octanol–water partition coefficient (Wildman–Crippen LogP) is 5.66. The van der Waals surface area contributed by atoms with Crippen molar-refractivity contribution in [1.29, 1.82) is 0 Å². The average molecular weight is 517 g/mol. The van der Waals surface area contributed by atoms with Crippen molar-refractivity contribution in [3.05, 3.63) is 46.3 Å². The zero-order valence-electron chi connectivity index (χ0n) is 22.6. The van der Waals surface area contributed by atoms with Crippen LogP contribution in [0.3, 0.4) is 0 Å². The summed E-state index contributed by atoms with van der Waals surface area (Å²) in [5.41, 5.74) is 2.46. The van der Waals surface area contributed by atoms with Gasteiger partial charge in [-0.15, -0.1) is 0 Å². The second-order valence-corrected chi connectivity index (χ2v) is 11.3. The quantitative estimate of drug-likeness (QED) is 0.495. The number of aromatic nitrogens is 1. The Morgan fingerprint density at radius 3 is 2.42 bits per heavy atom. The van der Waals surface area contributed by atoms with E-state index < -0.39 is 0 Å². The highest BCUT2D eigenvalue weighted by atomic mass is 35.5. The molecule has 0 saturated heterocycles. The second kappa shape index (κ2) is 12.7. The molecule has 0 radical (unpaired) electrons. The molecule has 0 spiro atoms. The lowest BCUT2D eigenvalue weighted by Gasteiger charge is -2.29. The summed E-state index contributed by atoms with van der Waals surface area (Å²) in [6, 6.07) is 7.68. The third-order valence-electron chi connectivity index (χ3n) is 6.47. The number of hydrogen-bond donors (Lipinski definition) is 0. The largest absolute Gasteiger partial charge is 0.351 e. The van der Waals surface area contributed by atoms with Gasteiger partial charge in [0.05, 0.1) is 11.4 Å². The molecule has 1 aromatic heterocycles. The van der Waals surface area contributed by atoms with E-state index in [1.807, 2.05) is 23.1 Å². The lowest BCUT2D eigenvalue weighted by molar-refractivity contribution is -0.119. The van der Waals surface area contributed by atoms with E-state index in [0.29, 0.717) is 43.0 Å². The van der Waals surface area contributed by atoms with Crippen LogP contribution in [-0.4, -0.2) is 59.0 Å². The van der Waals surface area contributed by atoms with Crippen LogP contribution in [0.4, 0.5) is 5.69 Å². The van der Waals surface area contributed by atoms with Crippen molar-refractivity contribution in [3.63, 3.8) is 0 Å². The number of benzene rings is 1. The molecule has 0 bridgehead atoms. The smallest absolute Gasteiger partial charge is 0.292 e. The zero-order valence-corrected chi connectivity index (χ0v) is 23.3. The Balaban J connectivity index is 1.99. The summed E-state index contributed by atoms with van der Waals surface area (Å²) in [6.07, 6.45) is 2.05. The van der Waals surface area contributed by atoms with E-state index in [0.717, 1.165) is 42.9 Å². The van der Waals surface area contributed by atoms with E-state index in [2.05, 4.69) is 51.6 Å². The highest BCUT2D eigenvalue weighted by molar-refractivity contribution is 6.31. The summed E-state index contributed by atoms with van der Waals surface area (Å²) >= 11 is 6.41. The zero-order chi connectivity index (χ0) is 26.4. The highest BCUT2D eigenvalue weighted by Crippen LogP contribution is 2.29. The molecule has 0 unspecified atom stereocenters. The van der Waals surface area contributed by atoms with Gasteiger partial charge in [-0.2, -0.15) is 0 Å². The molecule has 0 saturated carbocycles. The van der Waals surface area contributed by atoms with Crippen LogP contribution in [0.1, 0.15) is 76.2 Å². The SMILES string of the molecule is CC(C)CC(=O)N1CCCN(C(C)C)CCN(C(=O)c2cc(CC(C)C)no2)Cc2ccc(Cl)cc21. The van der Waals surface area contributed by atoms with E-state index in [1.165, 1.54) is 0 Å². The van der Waals surface area contributed by atoms with Gasteiger partial charge in [0, 0.05) is 56.3 Å². The molecular formula is C28H41ClN4O3. The normalized spacial score (nSPS) is 15.9. The molecule has 0 aliphatic carbocycles. The number of nitrogens with zero attached hydrogens (tertiary/aromatic N) is 4. The molecule has 1 aromatic carbocycles. The molecule has 198 valence electrons. The minimum Gasteiger partial charge on any atom is -0.351 e. The van der Waals surface area contributed by atoms with Crippen LogP contribution in [0.15, 0.2) is 28.8 Å². The van der Waals surface area contributed by atoms with Crippen LogP contribution in [0.2, 0.25) is 5.02 Å². The van der Waals surface area contributed by atoms with Crippen molar-refractivity contribution < 1.29 is 14.1 Å². The molecule has 3 rings (SSSR count). The fourth-order valence-corrected chi connectivity index (χ4v) is 4.78. The average Bonchev–Trinajstić information content (AvgIpc) is 3.23. The summed E-state index contributed by atoms with van der Waals surface area (Å²) in [7, 11) is 0. The van der Waals surface area contributed by atoms with Gasteiger partial charge >= 0.3 is 0 Å². The highest BCUT2D eigenvalue weighted by Gasteiger charge is 2.27. The van der Waals surface area contributed by atoms with Crippen LogP contribution in [0.5, 0.6) is 0 Å². The third kappa shape index (κ3) is 7.56. The van der Waals surface area contributed by atoms with Crippen molar-refractivity contribution in [2.75, 3.05) is 31.1 Å². The standard InChI is InChI=1S/C28H41ClN4O3/c1-19(2)14-24-17-26(36-30-24)28(35)32-13-12-31(21(5)6)10-7-11-33(27(34)15-20(3)4)25-16-23(29)9-8-22(25)18-32/h8-9,16-17,19-21H,7,10-15,18H2,1-6H3. The Hall–Kier alpha value is -2.38. The summed E-state index contributed by atoms with van der Waals surface area (Å²) in [4.78, 5) is 33.0. The molecule has 0 N–H and O–H groups in total. The van der Waals surface area contributed by atoms with Gasteiger partial charge < -0.3 is 14.3 Å². The van der Waals surface area contributed by atoms with Crippen molar-refractivity contribution in [2.24, 2.45) is 11.8 Å². The van der Waals surface area contributed by atoms with Gasteiger partial charge in [-0.1, -0.05) is 50.5 Å². The molecule has 2 heterocycles. The molecule has 7 nitrogen and oxygen atoms in total. The van der Waals surface area contributed by atoms with Crippen LogP contribution in [0, 0.1) is 11.8 Å². The first-order chi connectivity index (χ1) is 17.0. The molecule has 2 aromatic rings. The van der Waals surface area contributed by atoms with Gasteiger partial charge in [-0.3, -0.25) is 14.5 Å². The lowest BCUT2D eigenvalue weighted by Crippen LogP contribution is -2.41. The molecule has 2 amide bonds. The minimum absolute atomic E-state index is 0.0790. The number of rotatable bonds is 6. The Bertz CT molecular complexity index is 1030. The minimum atomic E-state index is -0.193. The van der Waals surface area contributed by atoms with Gasteiger partial charge in [-0.05, 0) is 56.2 Å². The number of hydrogen-bond acceptors (Lipinski definition) is 5. The van der Waals surface area contributed by atoms with Crippen molar-refractivity contribution in [3.8, 4) is 0 Å². The van der Waals surface area contributed by atoms with E-state index >= 15 is 0 Å². The maximum absolute atomic E-state index is 13.6. The van der Waals surface area contributed by atoms with E-state index in [-0.39, 0.29) is 23.5 Å². The molecule has 36 heavy (non-hydrogen) atoms. The Labute approximate surface area is 220 Å². The topological polar surface area (TPSA) is 69.9 Å². The third-order valence-corrected chi connectivity index (χ3v) is 6.71. The van der Waals surface area contributed by atoms with Crippen LogP contribution in [-0.2, 0) is 17.8 Å². The van der Waals surface area contributed by atoms with E-state index in [9.17, 15) is 9.59 Å². The fourth-order valence-electron chi connectivity index (χ4n) is 4.61. The van der Waals surface area contributed by atoms with E-state index in [1.54, 1.807) is 11.0 Å². The monoisotopic (exact) mass is 516 g/mol. The summed E-state index contributed by atoms with van der Waals surface area (Å²) in [5.74, 6) is 0.799. The van der Waals surface area contributed by atoms with Crippen LogP contribution in [0.25, 0.3) is 0 Å². The van der Waals surface area contributed by atoms with Crippen LogP contribution < -0.4 is 4.90 Å². The first kappa shape index (κ1) is 28.2. The number of carbonyl (C=O) groups is 2. The van der Waals surface area contributed by atoms with Gasteiger partial charge in [0.2, 0.25) is 11.7 Å². The maximum Gasteiger partial charge on any atom is 0.292 e. The van der Waals surface area contributed by atoms with Gasteiger partial charge in [0.25, 0.3) is 5.91 Å². The summed E-state index contributed by atoms with van der Waals surface area (Å²) in [6.45, 7) is 15.7. The van der Waals surface area contributed by atoms with E-state index in [4.69, 9.17) is 16.1 Å². The number of anilines is 1. The van der Waals surface area contributed by atoms with Crippen molar-refractivity contribution in [2.45, 2.75) is 73.4 Å². The van der Waals surface area contributed by atoms with Gasteiger partial charge in [0.15, 0.2) is 0 Å². The summed E-state index contributed by atoms with van der Waals surface area (Å²) in [5, 5.41) is 4.69. The second-order valence-electron chi connectivity index (χ2n) is 10.9. The fraction of sp³-hybridized carbons (Fsp3) is 0.607. The van der Waals surface area contributed by atoms with Crippen LogP contribution >= 0.6 is 11.6 Å². The van der Waals surface area contributed by atoms with Crippen molar-refractivity contribution >= 4 is 29.1 Å². The van der Waals surface area contributed by atoms with Crippen molar-refractivity contribution in [1.82, 2.24) is 15.0 Å².